The minimum atomic E-state index is -3.92. The molecule has 0 unspecified atom stereocenters. The van der Waals surface area contributed by atoms with Gasteiger partial charge in [-0.1, -0.05) is 62.4 Å². The molecule has 5 rings (SSSR count). The summed E-state index contributed by atoms with van der Waals surface area (Å²) in [6.45, 7) is 8.74. The molecule has 0 aliphatic carbocycles. The van der Waals surface area contributed by atoms with Gasteiger partial charge in [0, 0.05) is 17.3 Å². The number of aryl methyl sites for hydroxylation is 2. The van der Waals surface area contributed by atoms with Crippen LogP contribution in [-0.2, 0) is 10.0 Å². The van der Waals surface area contributed by atoms with Gasteiger partial charge in [-0.25, -0.2) is 18.1 Å². The Kier molecular flexibility index (Phi) is 6.60. The summed E-state index contributed by atoms with van der Waals surface area (Å²) < 4.78 is 35.4. The third-order valence-electron chi connectivity index (χ3n) is 6.54. The van der Waals surface area contributed by atoms with Crippen LogP contribution in [0.2, 0.25) is 0 Å². The average Bonchev–Trinajstić information content (AvgIpc) is 2.86. The van der Waals surface area contributed by atoms with Crippen molar-refractivity contribution in [3.63, 3.8) is 0 Å². The molecule has 3 aromatic carbocycles. The molecule has 1 aliphatic rings. The maximum atomic E-state index is 13.2. The predicted molar refractivity (Wildman–Crippen MR) is 147 cm³/mol. The number of nitrogens with one attached hydrogen (secondary N) is 2. The quantitative estimate of drug-likeness (QED) is 0.337. The minimum Gasteiger partial charge on any atom is -0.467 e. The van der Waals surface area contributed by atoms with Gasteiger partial charge in [-0.3, -0.25) is 0 Å². The van der Waals surface area contributed by atoms with Gasteiger partial charge in [-0.2, -0.15) is 4.98 Å². The molecule has 2 heterocycles. The largest absolute Gasteiger partial charge is 0.467 e. The van der Waals surface area contributed by atoms with Gasteiger partial charge in [-0.05, 0) is 60.2 Å². The Bertz CT molecular complexity index is 1530. The smallest absolute Gasteiger partial charge is 0.264 e. The average molecular weight is 515 g/mol. The molecular weight excluding hydrogens is 484 g/mol. The maximum absolute atomic E-state index is 13.2. The molecule has 2 N–H and O–H groups in total. The molecular formula is C29H30N4O3S. The van der Waals surface area contributed by atoms with Gasteiger partial charge in [0.2, 0.25) is 11.8 Å². The summed E-state index contributed by atoms with van der Waals surface area (Å²) in [7, 11) is -3.92. The van der Waals surface area contributed by atoms with Crippen LogP contribution in [0.3, 0.4) is 0 Å². The molecule has 8 heteroatoms. The van der Waals surface area contributed by atoms with Crippen molar-refractivity contribution in [1.29, 1.82) is 0 Å². The van der Waals surface area contributed by atoms with Crippen LogP contribution < -0.4 is 14.8 Å². The standard InChI is InChI=1S/C29H30N4O3S/c1-18(2)21-11-13-22(14-12-21)26-17-30-23-9-6-10-24(15-23)37(34,35)33-29-31-25(16-27(32-29)36-26)28-19(3)7-5-8-20(28)4/h5-16,18,26,30H,17H2,1-4H3,(H,31,32,33)/t26-/m0/s1. The number of hydrogen-bond donors (Lipinski definition) is 2. The van der Waals surface area contributed by atoms with Gasteiger partial charge in [0.05, 0.1) is 17.1 Å². The van der Waals surface area contributed by atoms with Gasteiger partial charge in [-0.15, -0.1) is 0 Å². The maximum Gasteiger partial charge on any atom is 0.264 e. The van der Waals surface area contributed by atoms with Gasteiger partial charge in [0.25, 0.3) is 10.0 Å². The van der Waals surface area contributed by atoms with Crippen molar-refractivity contribution in [2.75, 3.05) is 16.6 Å². The molecule has 190 valence electrons. The highest BCUT2D eigenvalue weighted by Crippen LogP contribution is 2.32. The molecule has 1 aromatic heterocycles. The van der Waals surface area contributed by atoms with Crippen LogP contribution in [-0.4, -0.2) is 24.9 Å². The Morgan fingerprint density at radius 2 is 1.62 bits per heavy atom. The van der Waals surface area contributed by atoms with Crippen molar-refractivity contribution in [2.24, 2.45) is 0 Å². The fraction of sp³-hybridized carbons (Fsp3) is 0.241. The van der Waals surface area contributed by atoms with E-state index in [4.69, 9.17) is 4.74 Å². The second kappa shape index (κ2) is 9.86. The van der Waals surface area contributed by atoms with Gasteiger partial charge in [0.1, 0.15) is 6.10 Å². The van der Waals surface area contributed by atoms with E-state index in [2.05, 4.69) is 58.1 Å². The Morgan fingerprint density at radius 1 is 0.919 bits per heavy atom. The first-order valence-corrected chi connectivity index (χ1v) is 13.8. The van der Waals surface area contributed by atoms with Crippen molar-refractivity contribution in [2.45, 2.75) is 44.6 Å². The lowest BCUT2D eigenvalue weighted by Crippen LogP contribution is -2.21. The molecule has 0 fully saturated rings. The van der Waals surface area contributed by atoms with Gasteiger partial charge < -0.3 is 10.1 Å². The van der Waals surface area contributed by atoms with Crippen molar-refractivity contribution in [1.82, 2.24) is 9.97 Å². The zero-order chi connectivity index (χ0) is 26.2. The number of hydrogen-bond acceptors (Lipinski definition) is 6. The highest BCUT2D eigenvalue weighted by atomic mass is 32.2. The van der Waals surface area contributed by atoms with Crippen LogP contribution in [0.5, 0.6) is 5.88 Å². The molecule has 0 amide bonds. The molecule has 1 aliphatic heterocycles. The first kappa shape index (κ1) is 24.8. The molecule has 0 saturated carbocycles. The Morgan fingerprint density at radius 3 is 2.32 bits per heavy atom. The van der Waals surface area contributed by atoms with Crippen molar-refractivity contribution in [3.8, 4) is 17.1 Å². The zero-order valence-corrected chi connectivity index (χ0v) is 22.1. The second-order valence-corrected chi connectivity index (χ2v) is 11.3. The lowest BCUT2D eigenvalue weighted by molar-refractivity contribution is 0.210. The fourth-order valence-corrected chi connectivity index (χ4v) is 5.50. The summed E-state index contributed by atoms with van der Waals surface area (Å²) >= 11 is 0. The van der Waals surface area contributed by atoms with Crippen molar-refractivity contribution in [3.05, 3.63) is 95.1 Å². The van der Waals surface area contributed by atoms with E-state index >= 15 is 0 Å². The Hall–Kier alpha value is -3.91. The molecule has 37 heavy (non-hydrogen) atoms. The van der Waals surface area contributed by atoms with E-state index in [0.29, 0.717) is 23.8 Å². The van der Waals surface area contributed by atoms with E-state index in [9.17, 15) is 8.42 Å². The van der Waals surface area contributed by atoms with E-state index < -0.39 is 10.0 Å². The highest BCUT2D eigenvalue weighted by molar-refractivity contribution is 7.92. The van der Waals surface area contributed by atoms with E-state index in [0.717, 1.165) is 22.3 Å². The molecule has 7 nitrogen and oxygen atoms in total. The van der Waals surface area contributed by atoms with E-state index in [-0.39, 0.29) is 22.8 Å². The molecule has 0 spiro atoms. The number of rotatable bonds is 3. The van der Waals surface area contributed by atoms with Gasteiger partial charge >= 0.3 is 0 Å². The first-order chi connectivity index (χ1) is 17.7. The lowest BCUT2D eigenvalue weighted by Gasteiger charge is -2.23. The molecule has 1 atom stereocenters. The molecule has 4 bridgehead atoms. The molecule has 0 radical (unpaired) electrons. The highest BCUT2D eigenvalue weighted by Gasteiger charge is 2.22. The number of aromatic nitrogens is 2. The third-order valence-corrected chi connectivity index (χ3v) is 7.87. The van der Waals surface area contributed by atoms with E-state index in [1.54, 1.807) is 24.3 Å². The van der Waals surface area contributed by atoms with Crippen molar-refractivity contribution < 1.29 is 13.2 Å². The minimum absolute atomic E-state index is 0.0389. The van der Waals surface area contributed by atoms with Crippen LogP contribution in [0.15, 0.2) is 77.7 Å². The Labute approximate surface area is 218 Å². The predicted octanol–water partition coefficient (Wildman–Crippen LogP) is 6.23. The number of benzene rings is 3. The summed E-state index contributed by atoms with van der Waals surface area (Å²) in [6, 6.07) is 22.8. The molecule has 0 saturated heterocycles. The normalized spacial score (nSPS) is 16.5. The number of sulfonamides is 1. The third kappa shape index (κ3) is 5.29. The number of nitrogens with zero attached hydrogens (tertiary/aromatic N) is 2. The second-order valence-electron chi connectivity index (χ2n) is 9.62. The SMILES string of the molecule is Cc1cccc(C)c1-c1cc2nc(n1)NS(=O)(=O)c1cccc(c1)NC[C@@H](c1ccc(C(C)C)cc1)O2. The fourth-order valence-electron chi connectivity index (χ4n) is 4.51. The van der Waals surface area contributed by atoms with Crippen LogP contribution in [0.25, 0.3) is 11.3 Å². The number of ether oxygens (including phenoxy) is 1. The van der Waals surface area contributed by atoms with E-state index in [1.807, 2.05) is 38.1 Å². The molecule has 4 aromatic rings. The Balaban J connectivity index is 1.65. The topological polar surface area (TPSA) is 93.2 Å². The summed E-state index contributed by atoms with van der Waals surface area (Å²) in [6.07, 6.45) is -0.380. The van der Waals surface area contributed by atoms with E-state index in [1.165, 1.54) is 5.56 Å². The number of fused-ring (bicyclic) bond motifs is 4. The monoisotopic (exact) mass is 514 g/mol. The van der Waals surface area contributed by atoms with Crippen LogP contribution >= 0.6 is 0 Å². The summed E-state index contributed by atoms with van der Waals surface area (Å²) in [4.78, 5) is 9.17. The summed E-state index contributed by atoms with van der Waals surface area (Å²) in [5.74, 6) is 0.668. The number of anilines is 2. The van der Waals surface area contributed by atoms with Crippen LogP contribution in [0.1, 0.15) is 48.1 Å². The van der Waals surface area contributed by atoms with Gasteiger partial charge in [0.15, 0.2) is 0 Å². The van der Waals surface area contributed by atoms with Crippen LogP contribution in [0.4, 0.5) is 11.6 Å². The zero-order valence-electron chi connectivity index (χ0n) is 21.3. The summed E-state index contributed by atoms with van der Waals surface area (Å²) in [5.41, 5.74) is 6.46. The lowest BCUT2D eigenvalue weighted by atomic mass is 9.99. The summed E-state index contributed by atoms with van der Waals surface area (Å²) in [5, 5.41) is 3.34. The van der Waals surface area contributed by atoms with Crippen LogP contribution in [0, 0.1) is 13.8 Å². The first-order valence-electron chi connectivity index (χ1n) is 12.3. The van der Waals surface area contributed by atoms with Crippen molar-refractivity contribution >= 4 is 21.7 Å².